The minimum atomic E-state index is -0.415. The van der Waals surface area contributed by atoms with Crippen molar-refractivity contribution in [3.8, 4) is 11.4 Å². The molecule has 1 aromatic carbocycles. The quantitative estimate of drug-likeness (QED) is 0.682. The number of aliphatic hydroxyl groups is 1. The molecule has 0 aliphatic rings. The Bertz CT molecular complexity index is 649. The first-order chi connectivity index (χ1) is 9.45. The third kappa shape index (κ3) is 2.39. The highest BCUT2D eigenvalue weighted by molar-refractivity contribution is 5.61. The predicted octanol–water partition coefficient (Wildman–Crippen LogP) is 2.23. The summed E-state index contributed by atoms with van der Waals surface area (Å²) in [7, 11) is 0. The van der Waals surface area contributed by atoms with Gasteiger partial charge in [0.05, 0.1) is 4.92 Å². The molecule has 1 N–H and O–H groups in total. The van der Waals surface area contributed by atoms with E-state index in [0.717, 1.165) is 0 Å². The van der Waals surface area contributed by atoms with Gasteiger partial charge in [-0.15, -0.1) is 10.2 Å². The monoisotopic (exact) mass is 276 g/mol. The number of aromatic nitrogens is 3. The summed E-state index contributed by atoms with van der Waals surface area (Å²) in [6.07, 6.45) is 0. The normalized spacial score (nSPS) is 11.1. The number of rotatable bonds is 4. The highest BCUT2D eigenvalue weighted by atomic mass is 16.6. The van der Waals surface area contributed by atoms with Gasteiger partial charge in [0.2, 0.25) is 0 Å². The summed E-state index contributed by atoms with van der Waals surface area (Å²) >= 11 is 0. The fourth-order valence-electron chi connectivity index (χ4n) is 2.12. The Morgan fingerprint density at radius 3 is 2.65 bits per heavy atom. The number of hydrogen-bond donors (Lipinski definition) is 1. The van der Waals surface area contributed by atoms with E-state index in [-0.39, 0.29) is 18.3 Å². The molecule has 0 amide bonds. The fraction of sp³-hybridized carbons (Fsp3) is 0.385. The van der Waals surface area contributed by atoms with Crippen LogP contribution >= 0.6 is 0 Å². The first-order valence-electron chi connectivity index (χ1n) is 6.25. The second kappa shape index (κ2) is 5.38. The van der Waals surface area contributed by atoms with Gasteiger partial charge < -0.3 is 9.67 Å². The van der Waals surface area contributed by atoms with Gasteiger partial charge in [0.1, 0.15) is 6.61 Å². The van der Waals surface area contributed by atoms with Crippen LogP contribution in [0, 0.1) is 17.0 Å². The van der Waals surface area contributed by atoms with Crippen LogP contribution < -0.4 is 0 Å². The molecule has 7 heteroatoms. The van der Waals surface area contributed by atoms with Crippen LogP contribution in [0.3, 0.4) is 0 Å². The summed E-state index contributed by atoms with van der Waals surface area (Å²) in [6.45, 7) is 5.34. The highest BCUT2D eigenvalue weighted by Gasteiger charge is 2.19. The van der Waals surface area contributed by atoms with Gasteiger partial charge in [-0.3, -0.25) is 10.1 Å². The van der Waals surface area contributed by atoms with Gasteiger partial charge in [-0.2, -0.15) is 0 Å². The lowest BCUT2D eigenvalue weighted by atomic mass is 10.1. The fourth-order valence-corrected chi connectivity index (χ4v) is 2.12. The Hall–Kier alpha value is -2.28. The van der Waals surface area contributed by atoms with Crippen molar-refractivity contribution >= 4 is 5.69 Å². The van der Waals surface area contributed by atoms with E-state index in [0.29, 0.717) is 22.8 Å². The van der Waals surface area contributed by atoms with Crippen LogP contribution in [0.5, 0.6) is 0 Å². The number of aryl methyl sites for hydroxylation is 1. The van der Waals surface area contributed by atoms with Crippen LogP contribution in [0.4, 0.5) is 5.69 Å². The Labute approximate surface area is 116 Å². The summed E-state index contributed by atoms with van der Waals surface area (Å²) in [5, 5.41) is 28.3. The zero-order valence-corrected chi connectivity index (χ0v) is 11.6. The van der Waals surface area contributed by atoms with Crippen molar-refractivity contribution in [2.75, 3.05) is 0 Å². The molecule has 2 rings (SSSR count). The average molecular weight is 276 g/mol. The van der Waals surface area contributed by atoms with Crippen LogP contribution in [0.1, 0.15) is 31.3 Å². The Kier molecular flexibility index (Phi) is 3.80. The number of nitro benzene ring substituents is 1. The molecule has 1 heterocycles. The van der Waals surface area contributed by atoms with Crippen LogP contribution in [0.25, 0.3) is 11.4 Å². The molecule has 7 nitrogen and oxygen atoms in total. The Morgan fingerprint density at radius 2 is 2.10 bits per heavy atom. The molecule has 0 aliphatic carbocycles. The van der Waals surface area contributed by atoms with Crippen LogP contribution in [-0.2, 0) is 6.61 Å². The molecule has 106 valence electrons. The van der Waals surface area contributed by atoms with Crippen molar-refractivity contribution in [3.05, 3.63) is 39.7 Å². The van der Waals surface area contributed by atoms with Crippen LogP contribution in [0.15, 0.2) is 18.2 Å². The maximum Gasteiger partial charge on any atom is 0.273 e. The summed E-state index contributed by atoms with van der Waals surface area (Å²) in [4.78, 5) is 10.6. The number of benzene rings is 1. The van der Waals surface area contributed by atoms with E-state index in [1.807, 2.05) is 13.8 Å². The second-order valence-corrected chi connectivity index (χ2v) is 4.82. The summed E-state index contributed by atoms with van der Waals surface area (Å²) in [5.41, 5.74) is 1.26. The number of nitro groups is 1. The van der Waals surface area contributed by atoms with Crippen molar-refractivity contribution in [1.29, 1.82) is 0 Å². The molecule has 0 bridgehead atoms. The first kappa shape index (κ1) is 14.1. The lowest BCUT2D eigenvalue weighted by Crippen LogP contribution is -2.08. The molecular formula is C13H16N4O3. The van der Waals surface area contributed by atoms with Crippen LogP contribution in [-0.4, -0.2) is 24.8 Å². The maximum atomic E-state index is 11.0. The zero-order chi connectivity index (χ0) is 14.9. The molecule has 0 atom stereocenters. The van der Waals surface area contributed by atoms with Crippen molar-refractivity contribution in [2.24, 2.45) is 0 Å². The summed E-state index contributed by atoms with van der Waals surface area (Å²) in [6, 6.07) is 4.99. The zero-order valence-electron chi connectivity index (χ0n) is 11.6. The van der Waals surface area contributed by atoms with E-state index in [4.69, 9.17) is 0 Å². The third-order valence-electron chi connectivity index (χ3n) is 3.09. The number of aliphatic hydroxyl groups excluding tert-OH is 1. The molecule has 0 saturated carbocycles. The van der Waals surface area contributed by atoms with Gasteiger partial charge in [0, 0.05) is 23.2 Å². The molecule has 0 fully saturated rings. The van der Waals surface area contributed by atoms with Gasteiger partial charge in [0.15, 0.2) is 11.6 Å². The van der Waals surface area contributed by atoms with Gasteiger partial charge >= 0.3 is 0 Å². The molecule has 0 spiro atoms. The Balaban J connectivity index is 2.60. The minimum absolute atomic E-state index is 0.0440. The minimum Gasteiger partial charge on any atom is -0.388 e. The summed E-state index contributed by atoms with van der Waals surface area (Å²) in [5.74, 6) is 0.963. The number of nitrogens with zero attached hydrogens (tertiary/aromatic N) is 4. The highest BCUT2D eigenvalue weighted by Crippen LogP contribution is 2.28. The Morgan fingerprint density at radius 1 is 1.40 bits per heavy atom. The van der Waals surface area contributed by atoms with E-state index >= 15 is 0 Å². The lowest BCUT2D eigenvalue weighted by Gasteiger charge is -2.13. The second-order valence-electron chi connectivity index (χ2n) is 4.82. The molecule has 20 heavy (non-hydrogen) atoms. The first-order valence-corrected chi connectivity index (χ1v) is 6.25. The van der Waals surface area contributed by atoms with E-state index in [1.165, 1.54) is 6.07 Å². The standard InChI is InChI=1S/C13H16N4O3/c1-8(2)16-12(7-18)14-15-13(16)10-5-4-9(3)11(6-10)17(19)20/h4-6,8,18H,7H2,1-3H3. The predicted molar refractivity (Wildman–Crippen MR) is 73.2 cm³/mol. The van der Waals surface area contributed by atoms with Gasteiger partial charge in [-0.05, 0) is 20.8 Å². The van der Waals surface area contributed by atoms with Crippen molar-refractivity contribution < 1.29 is 10.0 Å². The summed E-state index contributed by atoms with van der Waals surface area (Å²) < 4.78 is 1.77. The van der Waals surface area contributed by atoms with E-state index in [9.17, 15) is 15.2 Å². The molecular weight excluding hydrogens is 260 g/mol. The van der Waals surface area contributed by atoms with Gasteiger partial charge in [-0.1, -0.05) is 12.1 Å². The van der Waals surface area contributed by atoms with E-state index in [1.54, 1.807) is 23.6 Å². The maximum absolute atomic E-state index is 11.0. The van der Waals surface area contributed by atoms with Gasteiger partial charge in [-0.25, -0.2) is 0 Å². The smallest absolute Gasteiger partial charge is 0.273 e. The van der Waals surface area contributed by atoms with E-state index < -0.39 is 4.92 Å². The van der Waals surface area contributed by atoms with E-state index in [2.05, 4.69) is 10.2 Å². The molecule has 0 unspecified atom stereocenters. The average Bonchev–Trinajstić information content (AvgIpc) is 2.82. The molecule has 0 radical (unpaired) electrons. The molecule has 0 aliphatic heterocycles. The molecule has 2 aromatic rings. The van der Waals surface area contributed by atoms with Crippen molar-refractivity contribution in [3.63, 3.8) is 0 Å². The third-order valence-corrected chi connectivity index (χ3v) is 3.09. The lowest BCUT2D eigenvalue weighted by molar-refractivity contribution is -0.385. The van der Waals surface area contributed by atoms with Crippen molar-refractivity contribution in [2.45, 2.75) is 33.4 Å². The molecule has 0 saturated heterocycles. The topological polar surface area (TPSA) is 94.1 Å². The number of hydrogen-bond acceptors (Lipinski definition) is 5. The largest absolute Gasteiger partial charge is 0.388 e. The SMILES string of the molecule is Cc1ccc(-c2nnc(CO)n2C(C)C)cc1[N+](=O)[O-]. The van der Waals surface area contributed by atoms with Crippen molar-refractivity contribution in [1.82, 2.24) is 14.8 Å². The van der Waals surface area contributed by atoms with Crippen LogP contribution in [0.2, 0.25) is 0 Å². The molecule has 1 aromatic heterocycles. The van der Waals surface area contributed by atoms with Gasteiger partial charge in [0.25, 0.3) is 5.69 Å².